The lowest BCUT2D eigenvalue weighted by molar-refractivity contribution is -0.204. The fourth-order valence-electron chi connectivity index (χ4n) is 9.16. The van der Waals surface area contributed by atoms with E-state index in [0.29, 0.717) is 35.2 Å². The Balaban J connectivity index is 1.27. The lowest BCUT2D eigenvalue weighted by Crippen LogP contribution is -2.50. The van der Waals surface area contributed by atoms with Crippen molar-refractivity contribution in [3.05, 3.63) is 11.6 Å². The van der Waals surface area contributed by atoms with E-state index in [1.54, 1.807) is 5.57 Å². The number of hydrogen-bond acceptors (Lipinski definition) is 3. The quantitative estimate of drug-likeness (QED) is 0.436. The third-order valence-electron chi connectivity index (χ3n) is 11.1. The van der Waals surface area contributed by atoms with E-state index in [0.717, 1.165) is 37.2 Å². The summed E-state index contributed by atoms with van der Waals surface area (Å²) in [5.41, 5.74) is 2.58. The highest BCUT2D eigenvalue weighted by Crippen LogP contribution is 2.67. The summed E-state index contributed by atoms with van der Waals surface area (Å²) in [6.45, 7) is 8.33. The Morgan fingerprint density at radius 3 is 2.67 bits per heavy atom. The highest BCUT2D eigenvalue weighted by atomic mass is 16.7. The van der Waals surface area contributed by atoms with Crippen LogP contribution in [0.5, 0.6) is 0 Å². The van der Waals surface area contributed by atoms with Crippen LogP contribution < -0.4 is 0 Å². The van der Waals surface area contributed by atoms with Gasteiger partial charge >= 0.3 is 5.97 Å². The third-order valence-corrected chi connectivity index (χ3v) is 11.1. The normalized spacial score (nSPS) is 46.0. The Morgan fingerprint density at radius 1 is 1.12 bits per heavy atom. The highest BCUT2D eigenvalue weighted by molar-refractivity contribution is 5.66. The molecule has 4 heteroatoms. The standard InChI is InChI=1S/C29H46O4/c1-19(7-12-26(30)31)23-10-11-24-22-9-8-20-18-21(33-27-6-4-5-17-32-27)13-15-28(20,2)25(22)14-16-29(23,24)3/h9,19-21,23-25,27H,4-8,10-18H2,1-3H3,(H,30,31)/t19-,20?,21+,23-,24+,25+,27?,28+,29-/m1/s1. The molecule has 4 fully saturated rings. The Kier molecular flexibility index (Phi) is 6.72. The number of carbonyl (C=O) groups is 1. The number of allylic oxidation sites excluding steroid dienone is 2. The van der Waals surface area contributed by atoms with Crippen LogP contribution in [0, 0.1) is 40.4 Å². The van der Waals surface area contributed by atoms with Gasteiger partial charge < -0.3 is 14.6 Å². The van der Waals surface area contributed by atoms with E-state index in [9.17, 15) is 9.90 Å². The topological polar surface area (TPSA) is 55.8 Å². The minimum atomic E-state index is -0.645. The van der Waals surface area contributed by atoms with Crippen LogP contribution in [0.4, 0.5) is 0 Å². The monoisotopic (exact) mass is 458 g/mol. The molecule has 4 nitrogen and oxygen atoms in total. The van der Waals surface area contributed by atoms with Crippen LogP contribution in [-0.4, -0.2) is 30.1 Å². The van der Waals surface area contributed by atoms with E-state index in [-0.39, 0.29) is 6.29 Å². The van der Waals surface area contributed by atoms with Gasteiger partial charge in [0.1, 0.15) is 0 Å². The molecular weight excluding hydrogens is 412 g/mol. The van der Waals surface area contributed by atoms with Gasteiger partial charge in [-0.15, -0.1) is 0 Å². The van der Waals surface area contributed by atoms with Gasteiger partial charge in [-0.25, -0.2) is 0 Å². The molecule has 1 aliphatic heterocycles. The summed E-state index contributed by atoms with van der Waals surface area (Å²) in [4.78, 5) is 11.1. The summed E-state index contributed by atoms with van der Waals surface area (Å²) in [7, 11) is 0. The molecule has 1 heterocycles. The molecule has 0 bridgehead atoms. The van der Waals surface area contributed by atoms with Gasteiger partial charge in [0.05, 0.1) is 6.10 Å². The number of carboxylic acid groups (broad SMARTS) is 1. The molecule has 33 heavy (non-hydrogen) atoms. The van der Waals surface area contributed by atoms with Gasteiger partial charge in [-0.05, 0) is 117 Å². The molecule has 9 atom stereocenters. The van der Waals surface area contributed by atoms with Gasteiger partial charge in [0, 0.05) is 13.0 Å². The molecule has 5 rings (SSSR count). The average molecular weight is 459 g/mol. The van der Waals surface area contributed by atoms with Gasteiger partial charge in [0.15, 0.2) is 6.29 Å². The van der Waals surface area contributed by atoms with Gasteiger partial charge in [0.2, 0.25) is 0 Å². The van der Waals surface area contributed by atoms with Crippen LogP contribution >= 0.6 is 0 Å². The van der Waals surface area contributed by atoms with Crippen LogP contribution in [0.15, 0.2) is 11.6 Å². The molecule has 0 aromatic carbocycles. The molecular formula is C29H46O4. The first-order valence-electron chi connectivity index (χ1n) is 14.0. The largest absolute Gasteiger partial charge is 0.481 e. The van der Waals surface area contributed by atoms with Crippen molar-refractivity contribution in [1.29, 1.82) is 0 Å². The van der Waals surface area contributed by atoms with Crippen molar-refractivity contribution in [3.8, 4) is 0 Å². The van der Waals surface area contributed by atoms with E-state index in [1.807, 2.05) is 0 Å². The molecule has 0 aromatic heterocycles. The summed E-state index contributed by atoms with van der Waals surface area (Å²) in [5.74, 6) is 2.74. The highest BCUT2D eigenvalue weighted by Gasteiger charge is 2.58. The van der Waals surface area contributed by atoms with Gasteiger partial charge in [-0.3, -0.25) is 4.79 Å². The predicted octanol–water partition coefficient (Wildman–Crippen LogP) is 6.98. The van der Waals surface area contributed by atoms with Crippen molar-refractivity contribution in [2.75, 3.05) is 6.61 Å². The van der Waals surface area contributed by atoms with E-state index >= 15 is 0 Å². The van der Waals surface area contributed by atoms with Crippen molar-refractivity contribution in [3.63, 3.8) is 0 Å². The maximum atomic E-state index is 11.1. The van der Waals surface area contributed by atoms with Crippen LogP contribution in [-0.2, 0) is 14.3 Å². The maximum Gasteiger partial charge on any atom is 0.303 e. The summed E-state index contributed by atoms with van der Waals surface area (Å²) >= 11 is 0. The lowest BCUT2D eigenvalue weighted by atomic mass is 9.47. The average Bonchev–Trinajstić information content (AvgIpc) is 3.16. The van der Waals surface area contributed by atoms with E-state index < -0.39 is 5.97 Å². The fraction of sp³-hybridized carbons (Fsp3) is 0.897. The Morgan fingerprint density at radius 2 is 1.91 bits per heavy atom. The second kappa shape index (κ2) is 9.30. The second-order valence-electron chi connectivity index (χ2n) is 12.7. The van der Waals surface area contributed by atoms with Crippen LogP contribution in [0.25, 0.3) is 0 Å². The third kappa shape index (κ3) is 4.33. The molecule has 3 saturated carbocycles. The molecule has 186 valence electrons. The molecule has 0 amide bonds. The number of ether oxygens (including phenoxy) is 2. The second-order valence-corrected chi connectivity index (χ2v) is 12.7. The lowest BCUT2D eigenvalue weighted by Gasteiger charge is -2.58. The minimum Gasteiger partial charge on any atom is -0.481 e. The summed E-state index contributed by atoms with van der Waals surface area (Å²) < 4.78 is 12.3. The maximum absolute atomic E-state index is 11.1. The molecule has 4 aliphatic carbocycles. The number of rotatable bonds is 6. The van der Waals surface area contributed by atoms with Crippen molar-refractivity contribution in [2.24, 2.45) is 40.4 Å². The van der Waals surface area contributed by atoms with Crippen molar-refractivity contribution >= 4 is 5.97 Å². The van der Waals surface area contributed by atoms with Crippen molar-refractivity contribution in [1.82, 2.24) is 0 Å². The van der Waals surface area contributed by atoms with E-state index in [4.69, 9.17) is 9.47 Å². The number of aliphatic carboxylic acids is 1. The summed E-state index contributed by atoms with van der Waals surface area (Å²) in [6, 6.07) is 0. The minimum absolute atomic E-state index is 0.0386. The molecule has 0 aromatic rings. The fourth-order valence-corrected chi connectivity index (χ4v) is 9.16. The van der Waals surface area contributed by atoms with Crippen LogP contribution in [0.3, 0.4) is 0 Å². The Hall–Kier alpha value is -0.870. The zero-order valence-electron chi connectivity index (χ0n) is 21.2. The molecule has 1 saturated heterocycles. The zero-order valence-corrected chi connectivity index (χ0v) is 21.2. The molecule has 0 radical (unpaired) electrons. The number of fused-ring (bicyclic) bond motifs is 5. The zero-order chi connectivity index (χ0) is 23.2. The van der Waals surface area contributed by atoms with Crippen molar-refractivity contribution in [2.45, 2.75) is 117 Å². The molecule has 5 aliphatic rings. The first-order chi connectivity index (χ1) is 15.8. The Bertz CT molecular complexity index is 755. The van der Waals surface area contributed by atoms with Gasteiger partial charge in [-0.2, -0.15) is 0 Å². The van der Waals surface area contributed by atoms with E-state index in [1.165, 1.54) is 64.2 Å². The first-order valence-corrected chi connectivity index (χ1v) is 14.0. The Labute approximate surface area is 200 Å². The smallest absolute Gasteiger partial charge is 0.303 e. The van der Waals surface area contributed by atoms with Crippen LogP contribution in [0.1, 0.15) is 104 Å². The number of hydrogen-bond donors (Lipinski definition) is 1. The summed E-state index contributed by atoms with van der Waals surface area (Å²) in [6.07, 6.45) is 17.9. The molecule has 1 N–H and O–H groups in total. The molecule has 2 unspecified atom stereocenters. The van der Waals surface area contributed by atoms with E-state index in [2.05, 4.69) is 26.8 Å². The first kappa shape index (κ1) is 23.9. The van der Waals surface area contributed by atoms with Crippen LogP contribution in [0.2, 0.25) is 0 Å². The van der Waals surface area contributed by atoms with Crippen molar-refractivity contribution < 1.29 is 19.4 Å². The summed E-state index contributed by atoms with van der Waals surface area (Å²) in [5, 5.41) is 9.18. The predicted molar refractivity (Wildman–Crippen MR) is 130 cm³/mol. The molecule has 0 spiro atoms. The van der Waals surface area contributed by atoms with Gasteiger partial charge in [-0.1, -0.05) is 32.4 Å². The van der Waals surface area contributed by atoms with Gasteiger partial charge in [0.25, 0.3) is 0 Å². The SMILES string of the molecule is C[C@H](CCC(=O)O)[C@H]1CC[C@H]2C3=CCC4C[C@@H](OC5CCCCO5)CC[C@]4(C)[C@H]3CC[C@]12C. The number of carboxylic acids is 1.